The normalized spacial score (nSPS) is 20.4. The third kappa shape index (κ3) is 5.25. The van der Waals surface area contributed by atoms with Crippen LogP contribution in [0.4, 0.5) is 0 Å². The van der Waals surface area contributed by atoms with Crippen LogP contribution in [0.15, 0.2) is 0 Å². The number of nitrogens with one attached hydrogen (secondary N) is 2. The second kappa shape index (κ2) is 7.73. The number of aliphatic carboxylic acids is 1. The molecule has 0 aromatic rings. The standard InChI is InChI=1S/C12H20N2O5/c1-19-10(15)6-5-9(12(17)18)14-11(16)8-4-2-3-7-13-8/h8-9,13H,2-7H2,1H3,(H,14,16)(H,17,18)/t8-,9-/m1/s1. The number of piperidine rings is 1. The second-order valence-electron chi connectivity index (χ2n) is 4.52. The summed E-state index contributed by atoms with van der Waals surface area (Å²) in [5.41, 5.74) is 0. The van der Waals surface area contributed by atoms with Crippen molar-refractivity contribution in [2.24, 2.45) is 0 Å². The van der Waals surface area contributed by atoms with Gasteiger partial charge in [0.15, 0.2) is 0 Å². The Hall–Kier alpha value is -1.63. The Bertz CT molecular complexity index is 339. The first kappa shape index (κ1) is 15.4. The van der Waals surface area contributed by atoms with E-state index >= 15 is 0 Å². The van der Waals surface area contributed by atoms with Crippen molar-refractivity contribution in [1.82, 2.24) is 10.6 Å². The molecule has 1 aliphatic heterocycles. The first-order valence-electron chi connectivity index (χ1n) is 6.38. The quantitative estimate of drug-likeness (QED) is 0.571. The monoisotopic (exact) mass is 272 g/mol. The Morgan fingerprint density at radius 1 is 1.42 bits per heavy atom. The molecular weight excluding hydrogens is 252 g/mol. The predicted molar refractivity (Wildman–Crippen MR) is 66.5 cm³/mol. The van der Waals surface area contributed by atoms with Gasteiger partial charge < -0.3 is 20.5 Å². The first-order chi connectivity index (χ1) is 9.04. The Kier molecular flexibility index (Phi) is 6.27. The molecular formula is C12H20N2O5. The lowest BCUT2D eigenvalue weighted by Gasteiger charge is -2.24. The maximum atomic E-state index is 11.9. The maximum Gasteiger partial charge on any atom is 0.326 e. The SMILES string of the molecule is COC(=O)CC[C@@H](NC(=O)[C@H]1CCCCN1)C(=O)O. The van der Waals surface area contributed by atoms with E-state index in [0.717, 1.165) is 19.4 Å². The molecule has 0 unspecified atom stereocenters. The second-order valence-corrected chi connectivity index (χ2v) is 4.52. The van der Waals surface area contributed by atoms with Gasteiger partial charge in [0.25, 0.3) is 0 Å². The van der Waals surface area contributed by atoms with Gasteiger partial charge in [-0.2, -0.15) is 0 Å². The number of esters is 1. The van der Waals surface area contributed by atoms with Crippen LogP contribution < -0.4 is 10.6 Å². The minimum atomic E-state index is -1.15. The fourth-order valence-electron chi connectivity index (χ4n) is 1.97. The Morgan fingerprint density at radius 2 is 2.16 bits per heavy atom. The van der Waals surface area contributed by atoms with Crippen LogP contribution in [0.3, 0.4) is 0 Å². The highest BCUT2D eigenvalue weighted by molar-refractivity contribution is 5.87. The van der Waals surface area contributed by atoms with Crippen molar-refractivity contribution in [3.8, 4) is 0 Å². The van der Waals surface area contributed by atoms with Crippen LogP contribution in [-0.2, 0) is 19.1 Å². The van der Waals surface area contributed by atoms with Crippen LogP contribution in [0, 0.1) is 0 Å². The van der Waals surface area contributed by atoms with Crippen molar-refractivity contribution < 1.29 is 24.2 Å². The molecule has 7 nitrogen and oxygen atoms in total. The largest absolute Gasteiger partial charge is 0.480 e. The molecule has 1 aliphatic rings. The van der Waals surface area contributed by atoms with Crippen molar-refractivity contribution in [1.29, 1.82) is 0 Å². The van der Waals surface area contributed by atoms with Gasteiger partial charge >= 0.3 is 11.9 Å². The summed E-state index contributed by atoms with van der Waals surface area (Å²) in [5, 5.41) is 14.5. The van der Waals surface area contributed by atoms with E-state index in [1.165, 1.54) is 7.11 Å². The summed E-state index contributed by atoms with van der Waals surface area (Å²) in [6.07, 6.45) is 2.67. The lowest BCUT2D eigenvalue weighted by atomic mass is 10.0. The number of carboxylic acid groups (broad SMARTS) is 1. The zero-order chi connectivity index (χ0) is 14.3. The lowest BCUT2D eigenvalue weighted by molar-refractivity contribution is -0.144. The van der Waals surface area contributed by atoms with Crippen LogP contribution in [-0.4, -0.2) is 48.7 Å². The molecule has 7 heteroatoms. The molecule has 0 saturated carbocycles. The highest BCUT2D eigenvalue weighted by atomic mass is 16.5. The van der Waals surface area contributed by atoms with Crippen molar-refractivity contribution in [2.45, 2.75) is 44.2 Å². The summed E-state index contributed by atoms with van der Waals surface area (Å²) in [4.78, 5) is 33.9. The highest BCUT2D eigenvalue weighted by Crippen LogP contribution is 2.08. The fourth-order valence-corrected chi connectivity index (χ4v) is 1.97. The van der Waals surface area contributed by atoms with Gasteiger partial charge in [-0.3, -0.25) is 9.59 Å². The van der Waals surface area contributed by atoms with E-state index in [-0.39, 0.29) is 24.8 Å². The van der Waals surface area contributed by atoms with E-state index in [2.05, 4.69) is 15.4 Å². The number of hydrogen-bond donors (Lipinski definition) is 3. The first-order valence-corrected chi connectivity index (χ1v) is 6.38. The summed E-state index contributed by atoms with van der Waals surface area (Å²) in [7, 11) is 1.24. The van der Waals surface area contributed by atoms with E-state index in [1.807, 2.05) is 0 Å². The van der Waals surface area contributed by atoms with Crippen LogP contribution in [0.5, 0.6) is 0 Å². The number of methoxy groups -OCH3 is 1. The van der Waals surface area contributed by atoms with E-state index < -0.39 is 18.0 Å². The average molecular weight is 272 g/mol. The van der Waals surface area contributed by atoms with Gasteiger partial charge in [0, 0.05) is 6.42 Å². The zero-order valence-corrected chi connectivity index (χ0v) is 11.0. The number of carbonyl (C=O) groups excluding carboxylic acids is 2. The molecule has 0 aliphatic carbocycles. The van der Waals surface area contributed by atoms with Gasteiger partial charge in [-0.15, -0.1) is 0 Å². The third-order valence-electron chi connectivity index (χ3n) is 3.11. The average Bonchev–Trinajstić information content (AvgIpc) is 2.43. The molecule has 108 valence electrons. The molecule has 0 aromatic carbocycles. The van der Waals surface area contributed by atoms with Gasteiger partial charge in [-0.1, -0.05) is 6.42 Å². The molecule has 1 fully saturated rings. The van der Waals surface area contributed by atoms with E-state index in [0.29, 0.717) is 6.42 Å². The Balaban J connectivity index is 2.45. The molecule has 0 aromatic heterocycles. The van der Waals surface area contributed by atoms with E-state index in [1.54, 1.807) is 0 Å². The van der Waals surface area contributed by atoms with Gasteiger partial charge in [-0.05, 0) is 25.8 Å². The number of amides is 1. The zero-order valence-electron chi connectivity index (χ0n) is 11.0. The molecule has 0 radical (unpaired) electrons. The molecule has 0 spiro atoms. The van der Waals surface area contributed by atoms with Crippen molar-refractivity contribution in [3.05, 3.63) is 0 Å². The summed E-state index contributed by atoms with van der Waals surface area (Å²) < 4.78 is 4.44. The number of ether oxygens (including phenoxy) is 1. The van der Waals surface area contributed by atoms with Crippen LogP contribution in [0.1, 0.15) is 32.1 Å². The molecule has 2 atom stereocenters. The highest BCUT2D eigenvalue weighted by Gasteiger charge is 2.26. The Morgan fingerprint density at radius 3 is 2.68 bits per heavy atom. The topological polar surface area (TPSA) is 105 Å². The minimum absolute atomic E-state index is 0.0282. The smallest absolute Gasteiger partial charge is 0.326 e. The van der Waals surface area contributed by atoms with Crippen molar-refractivity contribution in [2.75, 3.05) is 13.7 Å². The van der Waals surface area contributed by atoms with Gasteiger partial charge in [0.1, 0.15) is 6.04 Å². The maximum absolute atomic E-state index is 11.9. The van der Waals surface area contributed by atoms with E-state index in [9.17, 15) is 14.4 Å². The van der Waals surface area contributed by atoms with Crippen LogP contribution >= 0.6 is 0 Å². The third-order valence-corrected chi connectivity index (χ3v) is 3.11. The summed E-state index contributed by atoms with van der Waals surface area (Å²) in [6.45, 7) is 0.762. The van der Waals surface area contributed by atoms with Gasteiger partial charge in [-0.25, -0.2) is 4.79 Å². The number of carboxylic acids is 1. The molecule has 0 bridgehead atoms. The molecule has 1 saturated heterocycles. The Labute approximate surface area is 111 Å². The molecule has 1 heterocycles. The molecule has 1 amide bonds. The number of rotatable bonds is 6. The van der Waals surface area contributed by atoms with Crippen LogP contribution in [0.25, 0.3) is 0 Å². The van der Waals surface area contributed by atoms with Crippen LogP contribution in [0.2, 0.25) is 0 Å². The van der Waals surface area contributed by atoms with Crippen molar-refractivity contribution in [3.63, 3.8) is 0 Å². The molecule has 3 N–H and O–H groups in total. The lowest BCUT2D eigenvalue weighted by Crippen LogP contribution is -2.51. The summed E-state index contributed by atoms with van der Waals surface area (Å²) >= 11 is 0. The number of hydrogen-bond acceptors (Lipinski definition) is 5. The summed E-state index contributed by atoms with van der Waals surface area (Å²) in [5.74, 6) is -1.96. The summed E-state index contributed by atoms with van der Waals surface area (Å²) in [6, 6.07) is -1.40. The van der Waals surface area contributed by atoms with Gasteiger partial charge in [0.05, 0.1) is 13.2 Å². The minimum Gasteiger partial charge on any atom is -0.480 e. The molecule has 19 heavy (non-hydrogen) atoms. The number of carbonyl (C=O) groups is 3. The molecule has 1 rings (SSSR count). The fraction of sp³-hybridized carbons (Fsp3) is 0.750. The van der Waals surface area contributed by atoms with Gasteiger partial charge in [0.2, 0.25) is 5.91 Å². The predicted octanol–water partition coefficient (Wildman–Crippen LogP) is -0.349. The van der Waals surface area contributed by atoms with Crippen molar-refractivity contribution >= 4 is 17.8 Å². The van der Waals surface area contributed by atoms with E-state index in [4.69, 9.17) is 5.11 Å².